The molecule has 0 saturated carbocycles. The van der Waals surface area contributed by atoms with E-state index in [2.05, 4.69) is 21.4 Å². The normalized spacial score (nSPS) is 19.1. The van der Waals surface area contributed by atoms with E-state index in [9.17, 15) is 0 Å². The Morgan fingerprint density at radius 3 is 3.00 bits per heavy atom. The molecule has 3 heteroatoms. The van der Waals surface area contributed by atoms with Crippen LogP contribution in [0.5, 0.6) is 0 Å². The van der Waals surface area contributed by atoms with Crippen molar-refractivity contribution in [1.82, 2.24) is 15.3 Å². The molecule has 1 unspecified atom stereocenters. The van der Waals surface area contributed by atoms with Crippen LogP contribution in [-0.4, -0.2) is 17.0 Å². The number of aromatic amines is 1. The smallest absolute Gasteiger partial charge is 0.127 e. The minimum atomic E-state index is 0.283. The van der Waals surface area contributed by atoms with E-state index in [0.29, 0.717) is 0 Å². The van der Waals surface area contributed by atoms with Crippen LogP contribution in [0.3, 0.4) is 0 Å². The van der Waals surface area contributed by atoms with Gasteiger partial charge in [0.05, 0.1) is 6.04 Å². The van der Waals surface area contributed by atoms with Crippen molar-refractivity contribution in [2.75, 3.05) is 7.05 Å². The van der Waals surface area contributed by atoms with Crippen LogP contribution >= 0.6 is 0 Å². The first kappa shape index (κ1) is 9.46. The van der Waals surface area contributed by atoms with Crippen molar-refractivity contribution in [1.29, 1.82) is 0 Å². The molecule has 1 aromatic heterocycles. The van der Waals surface area contributed by atoms with E-state index in [0.717, 1.165) is 5.82 Å². The van der Waals surface area contributed by atoms with Gasteiger partial charge in [0.15, 0.2) is 0 Å². The van der Waals surface area contributed by atoms with Crippen LogP contribution in [0.4, 0.5) is 0 Å². The van der Waals surface area contributed by atoms with Crippen molar-refractivity contribution in [2.45, 2.75) is 31.7 Å². The maximum Gasteiger partial charge on any atom is 0.127 e. The number of imidazole rings is 1. The Labute approximate surface area is 84.6 Å². The summed E-state index contributed by atoms with van der Waals surface area (Å²) in [6, 6.07) is 0.283. The molecule has 3 nitrogen and oxygen atoms in total. The zero-order valence-corrected chi connectivity index (χ0v) is 8.59. The molecule has 0 fully saturated rings. The molecule has 76 valence electrons. The third kappa shape index (κ3) is 1.87. The number of rotatable bonds is 3. The fourth-order valence-electron chi connectivity index (χ4n) is 2.06. The molecular formula is C11H17N3. The van der Waals surface area contributed by atoms with Crippen LogP contribution in [0.25, 0.3) is 0 Å². The Bertz CT molecular complexity index is 300. The van der Waals surface area contributed by atoms with E-state index in [4.69, 9.17) is 0 Å². The first-order valence-corrected chi connectivity index (χ1v) is 5.27. The van der Waals surface area contributed by atoms with Crippen LogP contribution in [0, 0.1) is 0 Å². The second kappa shape index (κ2) is 4.42. The molecule has 0 amide bonds. The average molecular weight is 191 g/mol. The Morgan fingerprint density at radius 1 is 1.50 bits per heavy atom. The summed E-state index contributed by atoms with van der Waals surface area (Å²) in [5.41, 5.74) is 1.48. The summed E-state index contributed by atoms with van der Waals surface area (Å²) < 4.78 is 0. The van der Waals surface area contributed by atoms with Crippen molar-refractivity contribution >= 4 is 0 Å². The summed E-state index contributed by atoms with van der Waals surface area (Å²) in [7, 11) is 1.99. The van der Waals surface area contributed by atoms with Gasteiger partial charge in [0.1, 0.15) is 5.82 Å². The lowest BCUT2D eigenvalue weighted by Gasteiger charge is -2.20. The number of H-pyrrole nitrogens is 1. The SMILES string of the molecule is CNC(C1=CCCCC1)c1ncc[nH]1. The predicted octanol–water partition coefficient (Wildman–Crippen LogP) is 2.17. The highest BCUT2D eigenvalue weighted by molar-refractivity contribution is 5.19. The highest BCUT2D eigenvalue weighted by atomic mass is 15.0. The van der Waals surface area contributed by atoms with E-state index in [1.165, 1.54) is 31.3 Å². The van der Waals surface area contributed by atoms with Gasteiger partial charge in [-0.25, -0.2) is 4.98 Å². The minimum absolute atomic E-state index is 0.283. The summed E-state index contributed by atoms with van der Waals surface area (Å²) in [5.74, 6) is 1.03. The number of hydrogen-bond acceptors (Lipinski definition) is 2. The molecule has 2 rings (SSSR count). The van der Waals surface area contributed by atoms with Gasteiger partial charge >= 0.3 is 0 Å². The van der Waals surface area contributed by atoms with Crippen LogP contribution in [-0.2, 0) is 0 Å². The van der Waals surface area contributed by atoms with E-state index < -0.39 is 0 Å². The lowest BCUT2D eigenvalue weighted by atomic mass is 9.93. The molecule has 1 atom stereocenters. The summed E-state index contributed by atoms with van der Waals surface area (Å²) in [5, 5.41) is 3.31. The molecule has 2 N–H and O–H groups in total. The van der Waals surface area contributed by atoms with E-state index in [-0.39, 0.29) is 6.04 Å². The van der Waals surface area contributed by atoms with E-state index in [1.807, 2.05) is 19.4 Å². The molecule has 1 aliphatic rings. The highest BCUT2D eigenvalue weighted by Crippen LogP contribution is 2.27. The van der Waals surface area contributed by atoms with Crippen molar-refractivity contribution in [2.24, 2.45) is 0 Å². The zero-order chi connectivity index (χ0) is 9.80. The van der Waals surface area contributed by atoms with Crippen molar-refractivity contribution in [3.8, 4) is 0 Å². The van der Waals surface area contributed by atoms with E-state index in [1.54, 1.807) is 0 Å². The summed E-state index contributed by atoms with van der Waals surface area (Å²) >= 11 is 0. The quantitative estimate of drug-likeness (QED) is 0.719. The highest BCUT2D eigenvalue weighted by Gasteiger charge is 2.17. The van der Waals surface area contributed by atoms with Gasteiger partial charge in [-0.1, -0.05) is 6.08 Å². The monoisotopic (exact) mass is 191 g/mol. The van der Waals surface area contributed by atoms with Crippen molar-refractivity contribution < 1.29 is 0 Å². The molecule has 1 aromatic rings. The molecular weight excluding hydrogens is 174 g/mol. The van der Waals surface area contributed by atoms with Crippen molar-refractivity contribution in [3.63, 3.8) is 0 Å². The van der Waals surface area contributed by atoms with Gasteiger partial charge in [0.25, 0.3) is 0 Å². The van der Waals surface area contributed by atoms with Crippen molar-refractivity contribution in [3.05, 3.63) is 29.9 Å². The summed E-state index contributed by atoms with van der Waals surface area (Å²) in [6.45, 7) is 0. The average Bonchev–Trinajstić information content (AvgIpc) is 2.74. The fourth-order valence-corrected chi connectivity index (χ4v) is 2.06. The maximum atomic E-state index is 4.30. The Kier molecular flexibility index (Phi) is 2.99. The number of allylic oxidation sites excluding steroid dienone is 1. The second-order valence-electron chi connectivity index (χ2n) is 3.72. The van der Waals surface area contributed by atoms with Gasteiger partial charge in [0.2, 0.25) is 0 Å². The molecule has 0 aromatic carbocycles. The van der Waals surface area contributed by atoms with Gasteiger partial charge in [0, 0.05) is 12.4 Å². The van der Waals surface area contributed by atoms with Crippen LogP contribution in [0.15, 0.2) is 24.0 Å². The number of nitrogens with one attached hydrogen (secondary N) is 2. The molecule has 14 heavy (non-hydrogen) atoms. The first-order valence-electron chi connectivity index (χ1n) is 5.27. The predicted molar refractivity (Wildman–Crippen MR) is 56.9 cm³/mol. The summed E-state index contributed by atoms with van der Waals surface area (Å²) in [4.78, 5) is 7.47. The van der Waals surface area contributed by atoms with Gasteiger partial charge in [-0.15, -0.1) is 0 Å². The summed E-state index contributed by atoms with van der Waals surface area (Å²) in [6.07, 6.45) is 11.1. The molecule has 0 aliphatic heterocycles. The Hall–Kier alpha value is -1.09. The Morgan fingerprint density at radius 2 is 2.43 bits per heavy atom. The third-order valence-electron chi connectivity index (χ3n) is 2.78. The van der Waals surface area contributed by atoms with Gasteiger partial charge < -0.3 is 10.3 Å². The van der Waals surface area contributed by atoms with E-state index >= 15 is 0 Å². The van der Waals surface area contributed by atoms with Crippen LogP contribution < -0.4 is 5.32 Å². The lowest BCUT2D eigenvalue weighted by molar-refractivity contribution is 0.574. The number of hydrogen-bond donors (Lipinski definition) is 2. The number of nitrogens with zero attached hydrogens (tertiary/aromatic N) is 1. The minimum Gasteiger partial charge on any atom is -0.347 e. The molecule has 0 radical (unpaired) electrons. The molecule has 1 heterocycles. The number of likely N-dealkylation sites (N-methyl/N-ethyl adjacent to an activating group) is 1. The second-order valence-corrected chi connectivity index (χ2v) is 3.72. The Balaban J connectivity index is 2.16. The van der Waals surface area contributed by atoms with Crippen LogP contribution in [0.1, 0.15) is 37.5 Å². The van der Waals surface area contributed by atoms with Gasteiger partial charge in [-0.2, -0.15) is 0 Å². The zero-order valence-electron chi connectivity index (χ0n) is 8.59. The number of aromatic nitrogens is 2. The maximum absolute atomic E-state index is 4.30. The first-order chi connectivity index (χ1) is 6.92. The third-order valence-corrected chi connectivity index (χ3v) is 2.78. The standard InChI is InChI=1S/C11H17N3/c1-12-10(11-13-7-8-14-11)9-5-3-2-4-6-9/h5,7-8,10,12H,2-4,6H2,1H3,(H,13,14). The van der Waals surface area contributed by atoms with Gasteiger partial charge in [-0.3, -0.25) is 0 Å². The molecule has 0 spiro atoms. The molecule has 0 bridgehead atoms. The van der Waals surface area contributed by atoms with Gasteiger partial charge in [-0.05, 0) is 38.3 Å². The largest absolute Gasteiger partial charge is 0.347 e. The fraction of sp³-hybridized carbons (Fsp3) is 0.545. The molecule has 1 aliphatic carbocycles. The molecule has 0 saturated heterocycles. The van der Waals surface area contributed by atoms with Crippen LogP contribution in [0.2, 0.25) is 0 Å². The topological polar surface area (TPSA) is 40.7 Å². The lowest BCUT2D eigenvalue weighted by Crippen LogP contribution is -2.21.